The summed E-state index contributed by atoms with van der Waals surface area (Å²) in [4.78, 5) is 16.5. The molecule has 0 fully saturated rings. The van der Waals surface area contributed by atoms with Gasteiger partial charge in [-0.3, -0.25) is 4.79 Å². The third kappa shape index (κ3) is 3.68. The number of carbonyl (C=O) groups is 1. The van der Waals surface area contributed by atoms with Crippen LogP contribution in [-0.2, 0) is 13.0 Å². The molecule has 0 aliphatic carbocycles. The van der Waals surface area contributed by atoms with E-state index in [9.17, 15) is 4.79 Å². The largest absolute Gasteiger partial charge is 0.348 e. The number of nitrogens with zero attached hydrogens (tertiary/aromatic N) is 2. The molecule has 1 heterocycles. The molecule has 1 aromatic heterocycles. The molecule has 0 saturated heterocycles. The van der Waals surface area contributed by atoms with Crippen molar-refractivity contribution >= 4 is 5.91 Å². The average Bonchev–Trinajstić information content (AvgIpc) is 3.10. The molecule has 1 amide bonds. The van der Waals surface area contributed by atoms with Crippen LogP contribution in [0.1, 0.15) is 34.3 Å². The number of aryl methyl sites for hydroxylation is 2. The molecule has 0 unspecified atom stereocenters. The summed E-state index contributed by atoms with van der Waals surface area (Å²) < 4.78 is 5.10. The molecule has 0 aliphatic rings. The molecule has 0 aliphatic heterocycles. The van der Waals surface area contributed by atoms with Crippen molar-refractivity contribution in [1.29, 1.82) is 0 Å². The van der Waals surface area contributed by atoms with Crippen LogP contribution in [-0.4, -0.2) is 16.0 Å². The van der Waals surface area contributed by atoms with Crippen LogP contribution >= 0.6 is 0 Å². The lowest BCUT2D eigenvalue weighted by Gasteiger charge is -2.06. The fraction of sp³-hybridized carbons (Fsp3) is 0.211. The molecule has 5 nitrogen and oxygen atoms in total. The van der Waals surface area contributed by atoms with Gasteiger partial charge in [0.2, 0.25) is 11.7 Å². The van der Waals surface area contributed by atoms with Gasteiger partial charge in [-0.25, -0.2) is 0 Å². The Morgan fingerprint density at radius 1 is 1.08 bits per heavy atom. The summed E-state index contributed by atoms with van der Waals surface area (Å²) in [5.41, 5.74) is 3.71. The van der Waals surface area contributed by atoms with Gasteiger partial charge in [-0.2, -0.15) is 4.98 Å². The van der Waals surface area contributed by atoms with Crippen molar-refractivity contribution in [1.82, 2.24) is 15.5 Å². The molecule has 5 heteroatoms. The number of hydrogen-bond acceptors (Lipinski definition) is 4. The van der Waals surface area contributed by atoms with Crippen LogP contribution in [0.15, 0.2) is 53.1 Å². The fourth-order valence-electron chi connectivity index (χ4n) is 2.28. The normalized spacial score (nSPS) is 10.6. The summed E-state index contributed by atoms with van der Waals surface area (Å²) in [5, 5.41) is 6.85. The second kappa shape index (κ2) is 7.08. The highest BCUT2D eigenvalue weighted by Gasteiger charge is 2.09. The predicted molar refractivity (Wildman–Crippen MR) is 91.5 cm³/mol. The highest BCUT2D eigenvalue weighted by molar-refractivity contribution is 5.94. The summed E-state index contributed by atoms with van der Waals surface area (Å²) in [7, 11) is 0. The Hall–Kier alpha value is -2.95. The zero-order valence-corrected chi connectivity index (χ0v) is 13.7. The van der Waals surface area contributed by atoms with Gasteiger partial charge in [-0.1, -0.05) is 54.0 Å². The molecular weight excluding hydrogens is 302 g/mol. The Morgan fingerprint density at radius 3 is 2.42 bits per heavy atom. The first-order valence-electron chi connectivity index (χ1n) is 7.92. The number of benzene rings is 2. The van der Waals surface area contributed by atoms with E-state index >= 15 is 0 Å². The van der Waals surface area contributed by atoms with Crippen LogP contribution in [0.5, 0.6) is 0 Å². The number of hydrogen-bond donors (Lipinski definition) is 1. The molecule has 3 aromatic rings. The van der Waals surface area contributed by atoms with Gasteiger partial charge in [0.05, 0.1) is 0 Å². The monoisotopic (exact) mass is 321 g/mol. The first-order valence-corrected chi connectivity index (χ1v) is 7.92. The summed E-state index contributed by atoms with van der Waals surface area (Å²) in [5.74, 6) is 1.04. The Balaban J connectivity index is 1.64. The minimum absolute atomic E-state index is 0.107. The van der Waals surface area contributed by atoms with Crippen LogP contribution in [0.2, 0.25) is 0 Å². The van der Waals surface area contributed by atoms with E-state index in [0.29, 0.717) is 30.2 Å². The Kier molecular flexibility index (Phi) is 4.70. The van der Waals surface area contributed by atoms with Gasteiger partial charge in [-0.15, -0.1) is 0 Å². The van der Waals surface area contributed by atoms with Crippen LogP contribution in [0.25, 0.3) is 11.4 Å². The van der Waals surface area contributed by atoms with E-state index < -0.39 is 0 Å². The van der Waals surface area contributed by atoms with Crippen LogP contribution < -0.4 is 5.32 Å². The number of rotatable bonds is 5. The molecule has 1 N–H and O–H groups in total. The van der Waals surface area contributed by atoms with Crippen molar-refractivity contribution in [3.8, 4) is 11.4 Å². The predicted octanol–water partition coefficient (Wildman–Crippen LogP) is 3.54. The number of amides is 1. The van der Waals surface area contributed by atoms with Gasteiger partial charge in [0.15, 0.2) is 0 Å². The molecule has 3 rings (SSSR count). The van der Waals surface area contributed by atoms with Gasteiger partial charge in [-0.05, 0) is 24.6 Å². The van der Waals surface area contributed by atoms with Crippen molar-refractivity contribution < 1.29 is 9.32 Å². The average molecular weight is 321 g/mol. The van der Waals surface area contributed by atoms with E-state index in [0.717, 1.165) is 11.1 Å². The van der Waals surface area contributed by atoms with E-state index in [1.807, 2.05) is 50.2 Å². The van der Waals surface area contributed by atoms with E-state index in [1.54, 1.807) is 12.1 Å². The molecule has 122 valence electrons. The zero-order chi connectivity index (χ0) is 16.9. The highest BCUT2D eigenvalue weighted by Crippen LogP contribution is 2.17. The number of carbonyl (C=O) groups excluding carboxylic acids is 1. The molecule has 0 radical (unpaired) electrons. The van der Waals surface area contributed by atoms with Crippen LogP contribution in [0.4, 0.5) is 0 Å². The fourth-order valence-corrected chi connectivity index (χ4v) is 2.28. The minimum Gasteiger partial charge on any atom is -0.348 e. The molecule has 0 saturated carbocycles. The summed E-state index contributed by atoms with van der Waals surface area (Å²) in [6.45, 7) is 4.50. The van der Waals surface area contributed by atoms with Crippen molar-refractivity contribution in [2.24, 2.45) is 0 Å². The smallest absolute Gasteiger partial charge is 0.251 e. The minimum atomic E-state index is -0.107. The van der Waals surface area contributed by atoms with E-state index in [1.165, 1.54) is 5.56 Å². The summed E-state index contributed by atoms with van der Waals surface area (Å²) >= 11 is 0. The lowest BCUT2D eigenvalue weighted by Crippen LogP contribution is -2.22. The topological polar surface area (TPSA) is 68.0 Å². The standard InChI is InChI=1S/C19H19N3O2/c1-3-17-21-18(22-24-17)15-8-10-16(11-9-15)19(23)20-12-14-6-4-13(2)5-7-14/h4-11H,3,12H2,1-2H3,(H,20,23). The van der Waals surface area contributed by atoms with Crippen LogP contribution in [0.3, 0.4) is 0 Å². The van der Waals surface area contributed by atoms with E-state index in [-0.39, 0.29) is 5.91 Å². The van der Waals surface area contributed by atoms with Gasteiger partial charge < -0.3 is 9.84 Å². The lowest BCUT2D eigenvalue weighted by atomic mass is 10.1. The van der Waals surface area contributed by atoms with Crippen LogP contribution in [0, 0.1) is 6.92 Å². The maximum atomic E-state index is 12.2. The van der Waals surface area contributed by atoms with Gasteiger partial charge in [0.1, 0.15) is 0 Å². The van der Waals surface area contributed by atoms with Gasteiger partial charge in [0, 0.05) is 24.1 Å². The maximum Gasteiger partial charge on any atom is 0.251 e. The van der Waals surface area contributed by atoms with Gasteiger partial charge >= 0.3 is 0 Å². The lowest BCUT2D eigenvalue weighted by molar-refractivity contribution is 0.0951. The Labute approximate surface area is 140 Å². The highest BCUT2D eigenvalue weighted by atomic mass is 16.5. The van der Waals surface area contributed by atoms with Gasteiger partial charge in [0.25, 0.3) is 5.91 Å². The SMILES string of the molecule is CCc1nc(-c2ccc(C(=O)NCc3ccc(C)cc3)cc2)no1. The first-order chi connectivity index (χ1) is 11.7. The second-order valence-electron chi connectivity index (χ2n) is 5.61. The maximum absolute atomic E-state index is 12.2. The molecule has 24 heavy (non-hydrogen) atoms. The Bertz CT molecular complexity index is 821. The molecule has 0 spiro atoms. The van der Waals surface area contributed by atoms with Crippen molar-refractivity contribution in [2.75, 3.05) is 0 Å². The van der Waals surface area contributed by atoms with Crippen molar-refractivity contribution in [3.63, 3.8) is 0 Å². The third-order valence-electron chi connectivity index (χ3n) is 3.75. The molecule has 2 aromatic carbocycles. The van der Waals surface area contributed by atoms with Crippen molar-refractivity contribution in [2.45, 2.75) is 26.8 Å². The van der Waals surface area contributed by atoms with E-state index in [4.69, 9.17) is 4.52 Å². The molecule has 0 atom stereocenters. The quantitative estimate of drug-likeness (QED) is 0.780. The summed E-state index contributed by atoms with van der Waals surface area (Å²) in [6.07, 6.45) is 0.701. The molecular formula is C19H19N3O2. The number of nitrogens with one attached hydrogen (secondary N) is 1. The molecule has 0 bridgehead atoms. The number of aromatic nitrogens is 2. The van der Waals surface area contributed by atoms with Crippen molar-refractivity contribution in [3.05, 3.63) is 71.1 Å². The zero-order valence-electron chi connectivity index (χ0n) is 13.7. The second-order valence-corrected chi connectivity index (χ2v) is 5.61. The first kappa shape index (κ1) is 15.9. The Morgan fingerprint density at radius 2 is 1.79 bits per heavy atom. The van der Waals surface area contributed by atoms with E-state index in [2.05, 4.69) is 15.5 Å². The summed E-state index contributed by atoms with van der Waals surface area (Å²) in [6, 6.07) is 15.3. The third-order valence-corrected chi connectivity index (χ3v) is 3.75.